The first kappa shape index (κ1) is 35.6. The molecule has 6 heteroatoms. The van der Waals surface area contributed by atoms with Gasteiger partial charge in [0.15, 0.2) is 11.6 Å². The molecule has 0 radical (unpaired) electrons. The van der Waals surface area contributed by atoms with Crippen molar-refractivity contribution in [1.82, 2.24) is 24.1 Å². The van der Waals surface area contributed by atoms with Crippen molar-refractivity contribution in [1.29, 1.82) is 0 Å². The molecule has 4 heterocycles. The van der Waals surface area contributed by atoms with Gasteiger partial charge in [-0.25, -0.2) is 4.98 Å². The third kappa shape index (κ3) is 5.73. The highest BCUT2D eigenvalue weighted by Crippen LogP contribution is 2.42. The molecule has 0 saturated heterocycles. The zero-order chi connectivity index (χ0) is 41.4. The van der Waals surface area contributed by atoms with Gasteiger partial charge < -0.3 is 4.57 Å². The van der Waals surface area contributed by atoms with Crippen molar-refractivity contribution in [2.45, 2.75) is 0 Å². The summed E-state index contributed by atoms with van der Waals surface area (Å²) in [6.07, 6.45) is 0. The largest absolute Gasteiger partial charge is 0.307 e. The Hall–Kier alpha value is -8.19. The van der Waals surface area contributed by atoms with Crippen LogP contribution in [0.5, 0.6) is 0 Å². The van der Waals surface area contributed by atoms with Gasteiger partial charge in [0.25, 0.3) is 0 Å². The minimum atomic E-state index is 0.568. The number of rotatable bonds is 6. The molecule has 0 fully saturated rings. The summed E-state index contributed by atoms with van der Waals surface area (Å²) < 4.78 is 7.19. The van der Waals surface area contributed by atoms with E-state index in [0.717, 1.165) is 60.6 Å². The van der Waals surface area contributed by atoms with Crippen molar-refractivity contribution in [2.24, 2.45) is 0 Å². The molecule has 63 heavy (non-hydrogen) atoms. The lowest BCUT2D eigenvalue weighted by Crippen LogP contribution is -2.07. The van der Waals surface area contributed by atoms with Crippen LogP contribution in [0.25, 0.3) is 120 Å². The van der Waals surface area contributed by atoms with Gasteiger partial charge >= 0.3 is 0 Å². The lowest BCUT2D eigenvalue weighted by molar-refractivity contribution is 0.953. The molecule has 9 aromatic carbocycles. The highest BCUT2D eigenvalue weighted by Gasteiger charge is 2.24. The molecule has 0 amide bonds. The van der Waals surface area contributed by atoms with Crippen molar-refractivity contribution in [2.75, 3.05) is 0 Å². The van der Waals surface area contributed by atoms with Crippen molar-refractivity contribution in [3.63, 3.8) is 0 Å². The summed E-state index contributed by atoms with van der Waals surface area (Å²) in [5, 5.41) is 7.05. The van der Waals surface area contributed by atoms with Crippen LogP contribution in [0.3, 0.4) is 0 Å². The van der Waals surface area contributed by atoms with Crippen LogP contribution in [0.1, 0.15) is 0 Å². The van der Waals surface area contributed by atoms with Gasteiger partial charge in [0.05, 0.1) is 22.1 Å². The highest BCUT2D eigenvalue weighted by atomic mass is 32.1. The molecular formula is C57H35N5S. The van der Waals surface area contributed by atoms with Gasteiger partial charge in [0.2, 0.25) is 5.95 Å². The summed E-state index contributed by atoms with van der Waals surface area (Å²) in [5.74, 6) is 1.82. The van der Waals surface area contributed by atoms with Gasteiger partial charge in [-0.1, -0.05) is 158 Å². The third-order valence-electron chi connectivity index (χ3n) is 12.4. The van der Waals surface area contributed by atoms with Gasteiger partial charge in [0, 0.05) is 58.5 Å². The summed E-state index contributed by atoms with van der Waals surface area (Å²) in [5.41, 5.74) is 12.0. The molecule has 0 saturated carbocycles. The summed E-state index contributed by atoms with van der Waals surface area (Å²) in [6, 6.07) is 75.7. The van der Waals surface area contributed by atoms with E-state index in [0.29, 0.717) is 17.6 Å². The Balaban J connectivity index is 1.06. The second kappa shape index (κ2) is 14.2. The molecule has 0 aliphatic carbocycles. The fourth-order valence-electron chi connectivity index (χ4n) is 9.46. The van der Waals surface area contributed by atoms with Crippen molar-refractivity contribution < 1.29 is 0 Å². The molecule has 13 rings (SSSR count). The standard InChI is InChI=1S/C57H35N5S/c1-3-14-36(15-4-1)39-18-13-19-40(34-39)37-26-29-42(30-27-37)61-49-23-10-7-20-43(49)46-31-32-47-44-21-8-11-24-50(44)62(54(47)53(46)61)57-59-55(38-16-5-2-6-17-38)58-56(60-57)41-28-33-52-48(35-41)45-22-9-12-25-51(45)63-52/h1-35H. The van der Waals surface area contributed by atoms with Gasteiger partial charge in [-0.05, 0) is 76.9 Å². The van der Waals surface area contributed by atoms with E-state index in [9.17, 15) is 0 Å². The Bertz CT molecular complexity index is 3900. The summed E-state index contributed by atoms with van der Waals surface area (Å²) >= 11 is 1.81. The molecule has 0 N–H and O–H groups in total. The predicted molar refractivity (Wildman–Crippen MR) is 263 cm³/mol. The minimum Gasteiger partial charge on any atom is -0.307 e. The third-order valence-corrected chi connectivity index (χ3v) is 13.5. The van der Waals surface area contributed by atoms with Crippen LogP contribution in [-0.2, 0) is 0 Å². The molecule has 0 aliphatic rings. The van der Waals surface area contributed by atoms with Crippen molar-refractivity contribution >= 4 is 75.1 Å². The molecule has 0 bridgehead atoms. The number of benzene rings is 9. The van der Waals surface area contributed by atoms with E-state index in [4.69, 9.17) is 15.0 Å². The maximum absolute atomic E-state index is 5.42. The van der Waals surface area contributed by atoms with Gasteiger partial charge in [0.1, 0.15) is 0 Å². The Kier molecular flexibility index (Phi) is 8.01. The van der Waals surface area contributed by atoms with E-state index in [1.807, 2.05) is 29.5 Å². The number of hydrogen-bond acceptors (Lipinski definition) is 4. The molecule has 294 valence electrons. The van der Waals surface area contributed by atoms with E-state index in [2.05, 4.69) is 203 Å². The average molecular weight is 822 g/mol. The molecule has 0 aliphatic heterocycles. The number of nitrogens with zero attached hydrogens (tertiary/aromatic N) is 5. The van der Waals surface area contributed by atoms with Crippen LogP contribution in [0.2, 0.25) is 0 Å². The first-order valence-electron chi connectivity index (χ1n) is 21.2. The van der Waals surface area contributed by atoms with Crippen LogP contribution in [-0.4, -0.2) is 24.1 Å². The zero-order valence-electron chi connectivity index (χ0n) is 33.9. The van der Waals surface area contributed by atoms with Gasteiger partial charge in [-0.15, -0.1) is 11.3 Å². The number of hydrogen-bond donors (Lipinski definition) is 0. The summed E-state index contributed by atoms with van der Waals surface area (Å²) in [4.78, 5) is 16.0. The first-order chi connectivity index (χ1) is 31.2. The van der Waals surface area contributed by atoms with Crippen LogP contribution < -0.4 is 0 Å². The SMILES string of the molecule is c1ccc(-c2cccc(-c3ccc(-n4c5ccccc5c5ccc6c7ccccc7n(-c7nc(-c8ccccc8)nc(-c8ccc9sc%10ccccc%10c9c8)n7)c6c54)cc3)c2)cc1. The van der Waals surface area contributed by atoms with Gasteiger partial charge in [-0.3, -0.25) is 4.57 Å². The van der Waals surface area contributed by atoms with Crippen LogP contribution in [0, 0.1) is 0 Å². The molecule has 4 aromatic heterocycles. The van der Waals surface area contributed by atoms with E-state index in [-0.39, 0.29) is 0 Å². The van der Waals surface area contributed by atoms with E-state index >= 15 is 0 Å². The topological polar surface area (TPSA) is 48.5 Å². The van der Waals surface area contributed by atoms with Crippen molar-refractivity contribution in [3.05, 3.63) is 212 Å². The Morgan fingerprint density at radius 3 is 1.51 bits per heavy atom. The Morgan fingerprint density at radius 1 is 0.302 bits per heavy atom. The molecule has 0 spiro atoms. The quantitative estimate of drug-likeness (QED) is 0.168. The molecule has 13 aromatic rings. The van der Waals surface area contributed by atoms with Crippen LogP contribution in [0.15, 0.2) is 212 Å². The molecule has 0 atom stereocenters. The maximum Gasteiger partial charge on any atom is 0.238 e. The monoisotopic (exact) mass is 821 g/mol. The first-order valence-corrected chi connectivity index (χ1v) is 22.0. The second-order valence-corrected chi connectivity index (χ2v) is 17.1. The minimum absolute atomic E-state index is 0.568. The fraction of sp³-hybridized carbons (Fsp3) is 0. The Labute approximate surface area is 366 Å². The molecule has 0 unspecified atom stereocenters. The normalized spacial score (nSPS) is 11.8. The highest BCUT2D eigenvalue weighted by molar-refractivity contribution is 7.25. The van der Waals surface area contributed by atoms with Crippen LogP contribution in [0.4, 0.5) is 0 Å². The van der Waals surface area contributed by atoms with Crippen LogP contribution >= 0.6 is 11.3 Å². The average Bonchev–Trinajstić information content (AvgIpc) is 4.02. The Morgan fingerprint density at radius 2 is 0.810 bits per heavy atom. The zero-order valence-corrected chi connectivity index (χ0v) is 34.7. The predicted octanol–water partition coefficient (Wildman–Crippen LogP) is 15.1. The van der Waals surface area contributed by atoms with E-state index in [1.54, 1.807) is 0 Å². The summed E-state index contributed by atoms with van der Waals surface area (Å²) in [7, 11) is 0. The maximum atomic E-state index is 5.42. The second-order valence-electron chi connectivity index (χ2n) is 16.0. The number of fused-ring (bicyclic) bond motifs is 10. The molecular weight excluding hydrogens is 787 g/mol. The number of aromatic nitrogens is 5. The lowest BCUT2D eigenvalue weighted by Gasteiger charge is -2.14. The van der Waals surface area contributed by atoms with Gasteiger partial charge in [-0.2, -0.15) is 9.97 Å². The number of thiophene rings is 1. The summed E-state index contributed by atoms with van der Waals surface area (Å²) in [6.45, 7) is 0. The van der Waals surface area contributed by atoms with Crippen molar-refractivity contribution in [3.8, 4) is 56.7 Å². The fourth-order valence-corrected chi connectivity index (χ4v) is 10.6. The lowest BCUT2D eigenvalue weighted by atomic mass is 9.99. The number of para-hydroxylation sites is 2. The van der Waals surface area contributed by atoms with E-state index < -0.39 is 0 Å². The van der Waals surface area contributed by atoms with E-state index in [1.165, 1.54) is 42.2 Å². The molecule has 5 nitrogen and oxygen atoms in total. The smallest absolute Gasteiger partial charge is 0.238 e.